The lowest BCUT2D eigenvalue weighted by Crippen LogP contribution is -2.23. The summed E-state index contributed by atoms with van der Waals surface area (Å²) >= 11 is 7.29. The van der Waals surface area contributed by atoms with Crippen LogP contribution in [0.25, 0.3) is 11.1 Å². The molecule has 0 aliphatic rings. The second-order valence-electron chi connectivity index (χ2n) is 6.41. The number of aromatic nitrogens is 3. The van der Waals surface area contributed by atoms with Gasteiger partial charge in [0.25, 0.3) is 11.1 Å². The normalized spacial score (nSPS) is 10.9. The van der Waals surface area contributed by atoms with E-state index in [0.717, 1.165) is 17.3 Å². The van der Waals surface area contributed by atoms with Crippen LogP contribution < -0.4 is 5.32 Å². The highest BCUT2D eigenvalue weighted by molar-refractivity contribution is 7.99. The van der Waals surface area contributed by atoms with Crippen LogP contribution in [0.3, 0.4) is 0 Å². The Morgan fingerprint density at radius 1 is 1.13 bits per heavy atom. The first-order valence-corrected chi connectivity index (χ1v) is 10.6. The van der Waals surface area contributed by atoms with Crippen molar-refractivity contribution in [1.82, 2.24) is 14.8 Å². The van der Waals surface area contributed by atoms with Crippen molar-refractivity contribution in [2.24, 2.45) is 0 Å². The minimum atomic E-state index is -0.549. The van der Waals surface area contributed by atoms with Gasteiger partial charge in [0.05, 0.1) is 12.7 Å². The average Bonchev–Trinajstić information content (AvgIpc) is 3.38. The third-order valence-corrected chi connectivity index (χ3v) is 5.38. The number of fused-ring (bicyclic) bond motifs is 1. The number of carbonyl (C=O) groups excluding carboxylic acids is 2. The van der Waals surface area contributed by atoms with Crippen LogP contribution in [0.4, 0.5) is 5.82 Å². The highest BCUT2D eigenvalue weighted by Gasteiger charge is 2.13. The van der Waals surface area contributed by atoms with Gasteiger partial charge in [-0.25, -0.2) is 9.67 Å². The largest absolute Gasteiger partial charge is 0.455 e. The Morgan fingerprint density at radius 2 is 1.94 bits per heavy atom. The lowest BCUT2D eigenvalue weighted by molar-refractivity contribution is -0.144. The fourth-order valence-electron chi connectivity index (χ4n) is 2.75. The highest BCUT2D eigenvalue weighted by atomic mass is 35.5. The monoisotopic (exact) mass is 456 g/mol. The molecule has 0 spiro atoms. The van der Waals surface area contributed by atoms with E-state index in [4.69, 9.17) is 20.8 Å². The van der Waals surface area contributed by atoms with E-state index in [2.05, 4.69) is 15.4 Å². The number of carbonyl (C=O) groups is 2. The van der Waals surface area contributed by atoms with Crippen LogP contribution in [-0.4, -0.2) is 39.0 Å². The number of benzene rings is 2. The van der Waals surface area contributed by atoms with Crippen molar-refractivity contribution in [2.75, 3.05) is 17.7 Å². The number of rotatable bonds is 8. The van der Waals surface area contributed by atoms with Crippen molar-refractivity contribution in [3.05, 3.63) is 71.4 Å². The Hall–Kier alpha value is -3.30. The molecule has 1 N–H and O–H groups in total. The van der Waals surface area contributed by atoms with E-state index in [-0.39, 0.29) is 5.75 Å². The van der Waals surface area contributed by atoms with Gasteiger partial charge in [0.1, 0.15) is 17.1 Å². The highest BCUT2D eigenvalue weighted by Crippen LogP contribution is 2.23. The van der Waals surface area contributed by atoms with Crippen molar-refractivity contribution < 1.29 is 18.7 Å². The summed E-state index contributed by atoms with van der Waals surface area (Å²) in [5.41, 5.74) is 2.23. The molecular weight excluding hydrogens is 440 g/mol. The van der Waals surface area contributed by atoms with Crippen molar-refractivity contribution >= 4 is 52.2 Å². The smallest absolute Gasteiger partial charge is 0.316 e. The predicted molar refractivity (Wildman–Crippen MR) is 117 cm³/mol. The third kappa shape index (κ3) is 5.44. The van der Waals surface area contributed by atoms with Gasteiger partial charge in [0.2, 0.25) is 0 Å². The molecule has 0 fully saturated rings. The average molecular weight is 457 g/mol. The molecule has 0 unspecified atom stereocenters. The number of nitrogens with zero attached hydrogens (tertiary/aromatic N) is 3. The zero-order valence-electron chi connectivity index (χ0n) is 16.2. The molecule has 0 radical (unpaired) electrons. The first-order chi connectivity index (χ1) is 15.1. The third-order valence-electron chi connectivity index (χ3n) is 4.21. The first kappa shape index (κ1) is 21.0. The lowest BCUT2D eigenvalue weighted by Gasteiger charge is -2.10. The van der Waals surface area contributed by atoms with E-state index in [1.54, 1.807) is 29.1 Å². The molecule has 2 heterocycles. The Labute approximate surface area is 186 Å². The summed E-state index contributed by atoms with van der Waals surface area (Å²) in [7, 11) is 0. The minimum absolute atomic E-state index is 0.0233. The van der Waals surface area contributed by atoms with Gasteiger partial charge in [-0.1, -0.05) is 53.7 Å². The van der Waals surface area contributed by atoms with Gasteiger partial charge in [0, 0.05) is 11.1 Å². The number of amides is 1. The van der Waals surface area contributed by atoms with E-state index >= 15 is 0 Å². The van der Waals surface area contributed by atoms with Crippen LogP contribution in [0.2, 0.25) is 5.02 Å². The van der Waals surface area contributed by atoms with Crippen LogP contribution >= 0.6 is 23.4 Å². The summed E-state index contributed by atoms with van der Waals surface area (Å²) in [4.78, 5) is 28.4. The molecule has 0 atom stereocenters. The molecule has 2 aromatic heterocycles. The van der Waals surface area contributed by atoms with E-state index in [1.165, 1.54) is 0 Å². The van der Waals surface area contributed by atoms with Gasteiger partial charge in [-0.05, 0) is 23.8 Å². The molecule has 0 aliphatic carbocycles. The number of anilines is 1. The van der Waals surface area contributed by atoms with Gasteiger partial charge < -0.3 is 14.5 Å². The summed E-state index contributed by atoms with van der Waals surface area (Å²) in [6.07, 6.45) is 1.56. The van der Waals surface area contributed by atoms with Gasteiger partial charge in [-0.2, -0.15) is 5.10 Å². The molecule has 4 rings (SSSR count). The molecule has 2 aromatic carbocycles. The summed E-state index contributed by atoms with van der Waals surface area (Å²) < 4.78 is 12.2. The number of thioether (sulfide) groups is 1. The Bertz CT molecular complexity index is 1190. The van der Waals surface area contributed by atoms with E-state index in [9.17, 15) is 9.59 Å². The van der Waals surface area contributed by atoms with E-state index in [0.29, 0.717) is 33.7 Å². The number of halogens is 1. The van der Waals surface area contributed by atoms with Crippen molar-refractivity contribution in [3.63, 3.8) is 0 Å². The van der Waals surface area contributed by atoms with Crippen LogP contribution in [-0.2, 0) is 20.9 Å². The fourth-order valence-corrected chi connectivity index (χ4v) is 3.58. The molecule has 8 nitrogen and oxygen atoms in total. The summed E-state index contributed by atoms with van der Waals surface area (Å²) in [5, 5.41) is 7.86. The Balaban J connectivity index is 1.25. The Kier molecular flexibility index (Phi) is 6.54. The SMILES string of the molecule is O=C(COC(=O)CSc1nc2ccccc2o1)Nc1ccnn1Cc1ccccc1Cl. The van der Waals surface area contributed by atoms with Crippen molar-refractivity contribution in [1.29, 1.82) is 0 Å². The standard InChI is InChI=1S/C21H17ClN4O4S/c22-15-6-2-1-5-14(15)11-26-18(9-10-23-26)25-19(27)12-29-20(28)13-31-21-24-16-7-3-4-8-17(16)30-21/h1-10H,11-13H2,(H,25,27). The lowest BCUT2D eigenvalue weighted by atomic mass is 10.2. The van der Waals surface area contributed by atoms with Crippen LogP contribution in [0.15, 0.2) is 70.4 Å². The zero-order valence-corrected chi connectivity index (χ0v) is 17.7. The second kappa shape index (κ2) is 9.67. The maximum absolute atomic E-state index is 12.2. The molecule has 4 aromatic rings. The van der Waals surface area contributed by atoms with E-state index < -0.39 is 18.5 Å². The van der Waals surface area contributed by atoms with Gasteiger partial charge in [0.15, 0.2) is 12.2 Å². The molecule has 0 bridgehead atoms. The van der Waals surface area contributed by atoms with Crippen LogP contribution in [0, 0.1) is 0 Å². The van der Waals surface area contributed by atoms with Crippen LogP contribution in [0.1, 0.15) is 5.56 Å². The maximum atomic E-state index is 12.2. The van der Waals surface area contributed by atoms with Crippen LogP contribution in [0.5, 0.6) is 0 Å². The van der Waals surface area contributed by atoms with E-state index in [1.807, 2.05) is 36.4 Å². The van der Waals surface area contributed by atoms with Crippen molar-refractivity contribution in [2.45, 2.75) is 11.8 Å². The predicted octanol–water partition coefficient (Wildman–Crippen LogP) is 4.00. The number of esters is 1. The molecule has 1 amide bonds. The molecular formula is C21H17ClN4O4S. The molecule has 158 valence electrons. The van der Waals surface area contributed by atoms with Crippen molar-refractivity contribution in [3.8, 4) is 0 Å². The number of para-hydroxylation sites is 2. The Morgan fingerprint density at radius 3 is 2.77 bits per heavy atom. The van der Waals surface area contributed by atoms with Gasteiger partial charge in [-0.15, -0.1) is 0 Å². The summed E-state index contributed by atoms with van der Waals surface area (Å²) in [6.45, 7) is -0.0204. The molecule has 31 heavy (non-hydrogen) atoms. The molecule has 0 saturated heterocycles. The number of nitrogens with one attached hydrogen (secondary N) is 1. The number of oxazole rings is 1. The fraction of sp³-hybridized carbons (Fsp3) is 0.143. The zero-order chi connectivity index (χ0) is 21.6. The number of hydrogen-bond acceptors (Lipinski definition) is 7. The maximum Gasteiger partial charge on any atom is 0.316 e. The summed E-state index contributed by atoms with van der Waals surface area (Å²) in [6, 6.07) is 16.4. The summed E-state index contributed by atoms with van der Waals surface area (Å²) in [5.74, 6) is -0.570. The van der Waals surface area contributed by atoms with Gasteiger partial charge in [-0.3, -0.25) is 9.59 Å². The topological polar surface area (TPSA) is 99.2 Å². The molecule has 0 aliphatic heterocycles. The number of ether oxygens (including phenoxy) is 1. The quantitative estimate of drug-likeness (QED) is 0.316. The second-order valence-corrected chi connectivity index (χ2v) is 7.74. The first-order valence-electron chi connectivity index (χ1n) is 9.27. The molecule has 0 saturated carbocycles. The minimum Gasteiger partial charge on any atom is -0.455 e. The van der Waals surface area contributed by atoms with Gasteiger partial charge >= 0.3 is 5.97 Å². The molecule has 10 heteroatoms. The number of hydrogen-bond donors (Lipinski definition) is 1.